The van der Waals surface area contributed by atoms with Gasteiger partial charge in [-0.05, 0) is 0 Å². The van der Waals surface area contributed by atoms with Crippen LogP contribution in [0.15, 0.2) is 0 Å². The zero-order valence-electron chi connectivity index (χ0n) is 75.5. The molecule has 11 saturated heterocycles. The first kappa shape index (κ1) is 115. The first-order valence-corrected chi connectivity index (χ1v) is 44.6. The summed E-state index contributed by atoms with van der Waals surface area (Å²) < 4.78 is 127. The largest absolute Gasteiger partial charge is 0.394 e. The average molecular weight is 2050 g/mol. The van der Waals surface area contributed by atoms with Gasteiger partial charge in [0.2, 0.25) is 35.4 Å². The van der Waals surface area contributed by atoms with Gasteiger partial charge < -0.3 is 279 Å². The van der Waals surface area contributed by atoms with Gasteiger partial charge in [0, 0.05) is 41.5 Å². The number of ether oxygens (including phenoxy) is 21. The number of aliphatic hydroxyl groups excluding tert-OH is 29. The lowest BCUT2D eigenvalue weighted by Gasteiger charge is -2.52. The highest BCUT2D eigenvalue weighted by Crippen LogP contribution is 2.42. The Labute approximate surface area is 792 Å². The molecule has 1 unspecified atom stereocenters. The van der Waals surface area contributed by atoms with Crippen molar-refractivity contribution in [2.45, 2.75) is 379 Å². The van der Waals surface area contributed by atoms with Gasteiger partial charge in [0.15, 0.2) is 69.2 Å². The molecule has 62 nitrogen and oxygen atoms in total. The molecule has 62 heteroatoms. The quantitative estimate of drug-likeness (QED) is 0.0275. The molecule has 11 fully saturated rings. The minimum absolute atomic E-state index is 0.838. The van der Waals surface area contributed by atoms with Crippen LogP contribution in [0.3, 0.4) is 0 Å². The van der Waals surface area contributed by atoms with Crippen molar-refractivity contribution in [3.05, 3.63) is 0 Å². The van der Waals surface area contributed by atoms with E-state index in [0.717, 1.165) is 41.5 Å². The van der Waals surface area contributed by atoms with Gasteiger partial charge in [0.1, 0.15) is 268 Å². The topological polar surface area (TPSA) is 955 Å². The third kappa shape index (κ3) is 25.8. The predicted molar refractivity (Wildman–Crippen MR) is 432 cm³/mol. The third-order valence-corrected chi connectivity index (χ3v) is 25.4. The van der Waals surface area contributed by atoms with Gasteiger partial charge in [-0.25, -0.2) is 0 Å². The van der Waals surface area contributed by atoms with Crippen LogP contribution in [0.1, 0.15) is 41.5 Å². The number of nitrogens with one attached hydrogen (secondary N) is 6. The second kappa shape index (κ2) is 50.7. The van der Waals surface area contributed by atoms with E-state index in [1.54, 1.807) is 0 Å². The van der Waals surface area contributed by atoms with Crippen molar-refractivity contribution in [3.63, 3.8) is 0 Å². The zero-order valence-corrected chi connectivity index (χ0v) is 75.5. The maximum Gasteiger partial charge on any atom is 0.217 e. The molecule has 0 radical (unpaired) electrons. The molecule has 0 bridgehead atoms. The molecule has 0 aliphatic carbocycles. The second-order valence-corrected chi connectivity index (χ2v) is 35.3. The Hall–Kier alpha value is -5.18. The molecule has 0 aromatic heterocycles. The SMILES string of the molecule is CC(=O)N[C@@H]1[C@H](O[C@@H]2[C@@H](O[C@@H]3[C@H](O)[C@H](O[C@H]4[C@H](O)[C@@H](NC(C)=O)[C@H](O[C@H]5[C@H](O)[C@@H](NC(C)=O)C(O)O[C@@H]5CO)O[C@@H]4CO)O[C@H](CO[C@H]4O[C@H](CO[C@@H]5O[C@H](CO)[C@@H](O)[C@H](O)[C@H]5NC(C)=O)[C@@H](O)[C@H](O)[C@@H]4O[C@@H]4O[C@H](CO)[C@@H](O[C@@H]5O[C@H](CO)[C@H](O)[C@H](O)[C@H]5O)[C@H](O)[C@H]4NC(C)=O)[C@H]3O)O[C@H](CO)[C@@H](O[C@@H]3O[C@H](CO)[C@@H](O)[C@H](O)[C@H]3NC(C)=O)[C@@H]2O)O[C@H](CO)[C@@H](O[C@@H]2O[C@H](CO)[C@H](O)[C@H](O)[C@H]2O)[C@@H]1O. The van der Waals surface area contributed by atoms with E-state index in [0.29, 0.717) is 0 Å². The number of carbonyl (C=O) groups excluding carboxylic acids is 6. The van der Waals surface area contributed by atoms with Crippen molar-refractivity contribution in [2.24, 2.45) is 0 Å². The maximum absolute atomic E-state index is 13.4. The van der Waals surface area contributed by atoms with Crippen LogP contribution in [-0.4, -0.2) is 594 Å². The molecular formula is C78H130N6O56. The average Bonchev–Trinajstić information content (AvgIpc) is 0.758. The normalized spacial score (nSPS) is 48.1. The highest BCUT2D eigenvalue weighted by molar-refractivity contribution is 5.75. The predicted octanol–water partition coefficient (Wildman–Crippen LogP) is -24.1. The first-order chi connectivity index (χ1) is 66.2. The lowest BCUT2D eigenvalue weighted by Crippen LogP contribution is -2.71. The Bertz CT molecular complexity index is 3920. The molecule has 808 valence electrons. The fourth-order valence-corrected chi connectivity index (χ4v) is 18.1. The van der Waals surface area contributed by atoms with Crippen LogP contribution in [0.2, 0.25) is 0 Å². The van der Waals surface area contributed by atoms with E-state index in [-0.39, 0.29) is 0 Å². The Balaban J connectivity index is 1.01. The molecule has 11 aliphatic heterocycles. The summed E-state index contributed by atoms with van der Waals surface area (Å²) >= 11 is 0. The van der Waals surface area contributed by atoms with E-state index in [4.69, 9.17) is 99.5 Å². The summed E-state index contributed by atoms with van der Waals surface area (Å²) in [6.45, 7) is -7.31. The molecule has 11 heterocycles. The fourth-order valence-electron chi connectivity index (χ4n) is 18.1. The number of hydrogen-bond acceptors (Lipinski definition) is 56. The summed E-state index contributed by atoms with van der Waals surface area (Å²) in [7, 11) is 0. The van der Waals surface area contributed by atoms with Crippen molar-refractivity contribution in [2.75, 3.05) is 72.7 Å². The number of rotatable bonds is 37. The van der Waals surface area contributed by atoms with Gasteiger partial charge in [0.05, 0.1) is 72.7 Å². The van der Waals surface area contributed by atoms with E-state index >= 15 is 0 Å². The standard InChI is InChI=1S/C78H130N6O56/c1-18(94)79-35-49(108)60(28(11-89)122-68(35)119)133-71-38(82-21(4)97)50(109)63(31(14-92)127-71)137-76-59(118)65(138-78-67(58(117)64(32(15-93)130-78)134-70-37(81-20(3)96)48(107)42(101)25(8-86)124-70)140-73-40(84-23(6)99)52(111)62(30(13-91)129-73)136-75-57(116)54(113)44(103)27(10-88)126-75)46(105)34(131-76)17-121-77-66(55(114)45(104)33(132-77)16-120-69-36(80-19(2)95)47(106)41(100)24(7-85)123-69)139-72-39(83-22(5)98)51(110)61(29(12-90)128-72)135-74-56(115)53(112)43(102)26(9-87)125-74/h24-78,85-93,100-119H,7-17H2,1-6H3,(H,79,94)(H,80,95)(H,81,96)(H,82,97)(H,83,98)(H,84,99)/t24-,25-,26-,27-,28-,29-,30-,31-,32-,33-,34-,35-,36-,37-,38-,39-,40+,41-,42-,43+,44+,45-,46-,47-,48-,49-,50-,51-,52-,53+,54+,55+,56-,57-,58+,59+,60-,61-,62-,63-,64-,65+,66+,67+,68?,69-,70+,71+,72+,73+,74+,75+,76+,77+,78-/m1/s1. The van der Waals surface area contributed by atoms with Crippen molar-refractivity contribution in [1.29, 1.82) is 0 Å². The van der Waals surface area contributed by atoms with Crippen molar-refractivity contribution >= 4 is 35.4 Å². The molecule has 0 saturated carbocycles. The van der Waals surface area contributed by atoms with E-state index in [1.165, 1.54) is 0 Å². The zero-order chi connectivity index (χ0) is 103. The van der Waals surface area contributed by atoms with Crippen molar-refractivity contribution < 1.29 is 276 Å². The van der Waals surface area contributed by atoms with Crippen LogP contribution < -0.4 is 31.9 Å². The number of hydrogen-bond donors (Lipinski definition) is 35. The lowest BCUT2D eigenvalue weighted by atomic mass is 9.93. The molecular weight excluding hydrogens is 1920 g/mol. The van der Waals surface area contributed by atoms with Gasteiger partial charge >= 0.3 is 0 Å². The van der Waals surface area contributed by atoms with E-state index in [9.17, 15) is 177 Å². The van der Waals surface area contributed by atoms with Crippen molar-refractivity contribution in [1.82, 2.24) is 31.9 Å². The summed E-state index contributed by atoms with van der Waals surface area (Å²) in [5, 5.41) is 343. The highest BCUT2D eigenvalue weighted by atomic mass is 16.8. The summed E-state index contributed by atoms with van der Waals surface area (Å²) in [5.74, 6) is -5.74. The summed E-state index contributed by atoms with van der Waals surface area (Å²) in [4.78, 5) is 77.7. The number of aliphatic hydroxyl groups is 29. The third-order valence-electron chi connectivity index (χ3n) is 25.4. The number of amides is 6. The fraction of sp³-hybridized carbons (Fsp3) is 0.923. The summed E-state index contributed by atoms with van der Waals surface area (Å²) in [5.41, 5.74) is 0. The van der Waals surface area contributed by atoms with E-state index in [1.807, 2.05) is 0 Å². The molecule has 11 rings (SSSR count). The van der Waals surface area contributed by atoms with Gasteiger partial charge in [-0.3, -0.25) is 28.8 Å². The Kier molecular flexibility index (Phi) is 41.7. The molecule has 140 heavy (non-hydrogen) atoms. The van der Waals surface area contributed by atoms with Crippen LogP contribution in [0.5, 0.6) is 0 Å². The minimum Gasteiger partial charge on any atom is -0.394 e. The van der Waals surface area contributed by atoms with Gasteiger partial charge in [-0.15, -0.1) is 0 Å². The van der Waals surface area contributed by atoms with Crippen LogP contribution in [-0.2, 0) is 128 Å². The Morgan fingerprint density at radius 3 is 0.764 bits per heavy atom. The smallest absolute Gasteiger partial charge is 0.217 e. The molecule has 35 N–H and O–H groups in total. The Morgan fingerprint density at radius 2 is 0.407 bits per heavy atom. The maximum atomic E-state index is 13.4. The van der Waals surface area contributed by atoms with Crippen LogP contribution in [0.4, 0.5) is 0 Å². The van der Waals surface area contributed by atoms with Crippen molar-refractivity contribution in [3.8, 4) is 0 Å². The second-order valence-electron chi connectivity index (χ2n) is 35.3. The highest BCUT2D eigenvalue weighted by Gasteiger charge is 2.63. The van der Waals surface area contributed by atoms with Crippen LogP contribution in [0, 0.1) is 0 Å². The molecule has 0 spiro atoms. The van der Waals surface area contributed by atoms with Crippen LogP contribution >= 0.6 is 0 Å². The summed E-state index contributed by atoms with van der Waals surface area (Å²) in [6, 6.07) is -11.6. The molecule has 11 aliphatic rings. The lowest BCUT2D eigenvalue weighted by molar-refractivity contribution is -0.405. The number of carbonyl (C=O) groups is 6. The molecule has 0 aromatic carbocycles. The van der Waals surface area contributed by atoms with E-state index in [2.05, 4.69) is 31.9 Å². The van der Waals surface area contributed by atoms with E-state index < -0.39 is 446 Å². The Morgan fingerprint density at radius 1 is 0.186 bits per heavy atom. The van der Waals surface area contributed by atoms with Gasteiger partial charge in [-0.2, -0.15) is 0 Å². The van der Waals surface area contributed by atoms with Crippen LogP contribution in [0.25, 0.3) is 0 Å². The monoisotopic (exact) mass is 2050 g/mol. The molecule has 55 atom stereocenters. The minimum atomic E-state index is -2.78. The summed E-state index contributed by atoms with van der Waals surface area (Å²) in [6.07, 6.45) is -107. The van der Waals surface area contributed by atoms with Gasteiger partial charge in [-0.1, -0.05) is 0 Å². The van der Waals surface area contributed by atoms with Gasteiger partial charge in [0.25, 0.3) is 0 Å². The molecule has 0 aromatic rings. The first-order valence-electron chi connectivity index (χ1n) is 44.6. The molecule has 6 amide bonds.